The van der Waals surface area contributed by atoms with Gasteiger partial charge >= 0.3 is 0 Å². The summed E-state index contributed by atoms with van der Waals surface area (Å²) in [6.45, 7) is 3.36. The number of hydrogen-bond donors (Lipinski definition) is 1. The SMILES string of the molecule is CCCCCc1cc(F)c(C#Cc2ccc(C(=O)Nc3cc(F)c(C)c(F)c3)cc2)c(F)c1. The molecule has 0 radical (unpaired) electrons. The summed E-state index contributed by atoms with van der Waals surface area (Å²) >= 11 is 0. The van der Waals surface area contributed by atoms with E-state index in [1.165, 1.54) is 43.3 Å². The Morgan fingerprint density at radius 3 is 2.03 bits per heavy atom. The van der Waals surface area contributed by atoms with Crippen LogP contribution < -0.4 is 5.32 Å². The van der Waals surface area contributed by atoms with Crippen molar-refractivity contribution in [3.8, 4) is 11.8 Å². The first-order chi connectivity index (χ1) is 15.8. The molecule has 1 amide bonds. The largest absolute Gasteiger partial charge is 0.322 e. The highest BCUT2D eigenvalue weighted by Gasteiger charge is 2.11. The number of benzene rings is 3. The van der Waals surface area contributed by atoms with Crippen molar-refractivity contribution in [3.05, 3.63) is 99.6 Å². The molecule has 0 saturated carbocycles. The van der Waals surface area contributed by atoms with Crippen molar-refractivity contribution in [2.75, 3.05) is 5.32 Å². The standard InChI is InChI=1S/C27H23F4NO/c1-3-4-5-6-19-13-25(30)22(26(31)14-19)12-9-18-7-10-20(11-8-18)27(33)32-21-15-23(28)17(2)24(29)16-21/h7-8,10-11,13-16H,3-6H2,1-2H3,(H,32,33). The van der Waals surface area contributed by atoms with Crippen LogP contribution in [0.2, 0.25) is 0 Å². The molecule has 170 valence electrons. The average molecular weight is 453 g/mol. The maximum Gasteiger partial charge on any atom is 0.255 e. The molecule has 33 heavy (non-hydrogen) atoms. The monoisotopic (exact) mass is 453 g/mol. The quantitative estimate of drug-likeness (QED) is 0.245. The van der Waals surface area contributed by atoms with E-state index in [2.05, 4.69) is 24.1 Å². The van der Waals surface area contributed by atoms with Crippen LogP contribution in [0.3, 0.4) is 0 Å². The van der Waals surface area contributed by atoms with E-state index in [0.717, 1.165) is 31.4 Å². The summed E-state index contributed by atoms with van der Waals surface area (Å²) in [5.41, 5.74) is 0.844. The lowest BCUT2D eigenvalue weighted by Crippen LogP contribution is -2.12. The summed E-state index contributed by atoms with van der Waals surface area (Å²) in [4.78, 5) is 12.3. The number of rotatable bonds is 6. The number of nitrogens with one attached hydrogen (secondary N) is 1. The molecule has 2 nitrogen and oxygen atoms in total. The van der Waals surface area contributed by atoms with E-state index in [1.807, 2.05) is 0 Å². The Morgan fingerprint density at radius 2 is 1.45 bits per heavy atom. The van der Waals surface area contributed by atoms with Crippen molar-refractivity contribution in [1.29, 1.82) is 0 Å². The molecule has 0 fully saturated rings. The van der Waals surface area contributed by atoms with Gasteiger partial charge < -0.3 is 5.32 Å². The summed E-state index contributed by atoms with van der Waals surface area (Å²) in [5, 5.41) is 2.43. The van der Waals surface area contributed by atoms with Gasteiger partial charge in [-0.3, -0.25) is 4.79 Å². The number of carbonyl (C=O) groups excluding carboxylic acids is 1. The normalized spacial score (nSPS) is 10.5. The molecular formula is C27H23F4NO. The fourth-order valence-corrected chi connectivity index (χ4v) is 3.23. The van der Waals surface area contributed by atoms with Gasteiger partial charge in [-0.15, -0.1) is 0 Å². The Kier molecular flexibility index (Phi) is 7.89. The van der Waals surface area contributed by atoms with Crippen LogP contribution in [-0.2, 0) is 6.42 Å². The molecule has 0 spiro atoms. The van der Waals surface area contributed by atoms with Crippen LogP contribution in [0.15, 0.2) is 48.5 Å². The summed E-state index contributed by atoms with van der Waals surface area (Å²) in [5.74, 6) is 1.71. The number of aryl methyl sites for hydroxylation is 1. The first-order valence-electron chi connectivity index (χ1n) is 10.7. The zero-order chi connectivity index (χ0) is 24.0. The van der Waals surface area contributed by atoms with E-state index >= 15 is 0 Å². The molecule has 3 rings (SSSR count). The minimum Gasteiger partial charge on any atom is -0.322 e. The summed E-state index contributed by atoms with van der Waals surface area (Å²) in [7, 11) is 0. The molecule has 0 heterocycles. The van der Waals surface area contributed by atoms with Gasteiger partial charge in [0.1, 0.15) is 23.3 Å². The molecule has 3 aromatic carbocycles. The molecule has 0 aliphatic rings. The number of halogens is 4. The maximum atomic E-state index is 14.3. The summed E-state index contributed by atoms with van der Waals surface area (Å²) < 4.78 is 56.0. The minimum absolute atomic E-state index is 0.00596. The molecule has 0 atom stereocenters. The van der Waals surface area contributed by atoms with Crippen molar-refractivity contribution >= 4 is 11.6 Å². The number of hydrogen-bond acceptors (Lipinski definition) is 1. The number of anilines is 1. The minimum atomic E-state index is -0.760. The molecule has 0 bridgehead atoms. The summed E-state index contributed by atoms with van der Waals surface area (Å²) in [6.07, 6.45) is 3.50. The van der Waals surface area contributed by atoms with Gasteiger partial charge in [0.2, 0.25) is 0 Å². The molecule has 0 aliphatic carbocycles. The van der Waals surface area contributed by atoms with E-state index in [9.17, 15) is 22.4 Å². The predicted molar refractivity (Wildman–Crippen MR) is 121 cm³/mol. The smallest absolute Gasteiger partial charge is 0.255 e. The molecule has 6 heteroatoms. The lowest BCUT2D eigenvalue weighted by molar-refractivity contribution is 0.102. The van der Waals surface area contributed by atoms with Gasteiger partial charge in [-0.2, -0.15) is 0 Å². The predicted octanol–water partition coefficient (Wildman–Crippen LogP) is 6.94. The fourth-order valence-electron chi connectivity index (χ4n) is 3.23. The molecule has 0 aromatic heterocycles. The third-order valence-electron chi connectivity index (χ3n) is 5.19. The van der Waals surface area contributed by atoms with Gasteiger partial charge in [-0.05, 0) is 73.9 Å². The third kappa shape index (κ3) is 6.23. The van der Waals surface area contributed by atoms with Crippen molar-refractivity contribution in [1.82, 2.24) is 0 Å². The Balaban J connectivity index is 1.71. The van der Waals surface area contributed by atoms with Crippen molar-refractivity contribution in [2.24, 2.45) is 0 Å². The van der Waals surface area contributed by atoms with E-state index in [4.69, 9.17) is 0 Å². The molecule has 1 N–H and O–H groups in total. The lowest BCUT2D eigenvalue weighted by atomic mass is 10.0. The van der Waals surface area contributed by atoms with Gasteiger partial charge in [0, 0.05) is 22.4 Å². The third-order valence-corrected chi connectivity index (χ3v) is 5.19. The molecular weight excluding hydrogens is 430 g/mol. The van der Waals surface area contributed by atoms with Crippen LogP contribution in [0, 0.1) is 42.0 Å². The zero-order valence-corrected chi connectivity index (χ0v) is 18.4. The van der Waals surface area contributed by atoms with E-state index in [-0.39, 0.29) is 22.4 Å². The van der Waals surface area contributed by atoms with Gasteiger partial charge in [-0.25, -0.2) is 17.6 Å². The molecule has 3 aromatic rings. The van der Waals surface area contributed by atoms with Crippen LogP contribution in [0.4, 0.5) is 23.2 Å². The van der Waals surface area contributed by atoms with Gasteiger partial charge in [-0.1, -0.05) is 31.6 Å². The van der Waals surface area contributed by atoms with Gasteiger partial charge in [0.25, 0.3) is 5.91 Å². The second kappa shape index (κ2) is 10.8. The second-order valence-corrected chi connectivity index (χ2v) is 7.74. The second-order valence-electron chi connectivity index (χ2n) is 7.74. The van der Waals surface area contributed by atoms with Crippen LogP contribution in [0.25, 0.3) is 0 Å². The highest BCUT2D eigenvalue weighted by molar-refractivity contribution is 6.04. The van der Waals surface area contributed by atoms with Gasteiger partial charge in [0.05, 0.1) is 5.56 Å². The first kappa shape index (κ1) is 24.1. The van der Waals surface area contributed by atoms with Crippen LogP contribution >= 0.6 is 0 Å². The Labute approximate surface area is 190 Å². The van der Waals surface area contributed by atoms with E-state index < -0.39 is 29.2 Å². The maximum absolute atomic E-state index is 14.3. The highest BCUT2D eigenvalue weighted by atomic mass is 19.1. The number of unbranched alkanes of at least 4 members (excludes halogenated alkanes) is 2. The van der Waals surface area contributed by atoms with E-state index in [0.29, 0.717) is 17.5 Å². The zero-order valence-electron chi connectivity index (χ0n) is 18.4. The van der Waals surface area contributed by atoms with E-state index in [1.54, 1.807) is 0 Å². The number of amides is 1. The highest BCUT2D eigenvalue weighted by Crippen LogP contribution is 2.19. The topological polar surface area (TPSA) is 29.1 Å². The van der Waals surface area contributed by atoms with Crippen molar-refractivity contribution in [2.45, 2.75) is 39.5 Å². The lowest BCUT2D eigenvalue weighted by Gasteiger charge is -2.07. The Morgan fingerprint density at radius 1 is 0.848 bits per heavy atom. The summed E-state index contributed by atoms with van der Waals surface area (Å²) in [6, 6.07) is 10.7. The van der Waals surface area contributed by atoms with Crippen molar-refractivity contribution in [3.63, 3.8) is 0 Å². The number of carbonyl (C=O) groups is 1. The van der Waals surface area contributed by atoms with Crippen molar-refractivity contribution < 1.29 is 22.4 Å². The first-order valence-corrected chi connectivity index (χ1v) is 10.7. The molecule has 0 aliphatic heterocycles. The Hall–Kier alpha value is -3.59. The Bertz CT molecular complexity index is 1180. The molecule has 0 saturated heterocycles. The van der Waals surface area contributed by atoms with Crippen LogP contribution in [0.5, 0.6) is 0 Å². The molecule has 0 unspecified atom stereocenters. The van der Waals surface area contributed by atoms with Crippen LogP contribution in [0.1, 0.15) is 58.8 Å². The van der Waals surface area contributed by atoms with Gasteiger partial charge in [0.15, 0.2) is 0 Å². The fraction of sp³-hybridized carbons (Fsp3) is 0.222. The average Bonchev–Trinajstić information content (AvgIpc) is 2.77. The van der Waals surface area contributed by atoms with Crippen LogP contribution in [-0.4, -0.2) is 5.91 Å².